The summed E-state index contributed by atoms with van der Waals surface area (Å²) in [5.74, 6) is 1.87. The molecule has 2 aliphatic rings. The zero-order valence-corrected chi connectivity index (χ0v) is 13.3. The van der Waals surface area contributed by atoms with Gasteiger partial charge >= 0.3 is 5.97 Å². The molecule has 4 nitrogen and oxygen atoms in total. The highest BCUT2D eigenvalue weighted by Gasteiger charge is 2.31. The van der Waals surface area contributed by atoms with Gasteiger partial charge in [0.25, 0.3) is 0 Å². The fourth-order valence-electron chi connectivity index (χ4n) is 2.78. The van der Waals surface area contributed by atoms with E-state index in [-0.39, 0.29) is 5.97 Å². The van der Waals surface area contributed by atoms with Crippen molar-refractivity contribution in [2.24, 2.45) is 0 Å². The van der Waals surface area contributed by atoms with Crippen LogP contribution in [0.4, 0.5) is 0 Å². The van der Waals surface area contributed by atoms with E-state index >= 15 is 0 Å². The summed E-state index contributed by atoms with van der Waals surface area (Å²) < 4.78 is 5.10. The molecular formula is C16H22N2O2S. The molecule has 1 heterocycles. The molecule has 1 aromatic heterocycles. The predicted octanol–water partition coefficient (Wildman–Crippen LogP) is 3.71. The molecule has 2 saturated carbocycles. The molecule has 0 spiro atoms. The summed E-state index contributed by atoms with van der Waals surface area (Å²) in [7, 11) is 0. The predicted molar refractivity (Wildman–Crippen MR) is 83.5 cm³/mol. The number of aromatic nitrogens is 2. The summed E-state index contributed by atoms with van der Waals surface area (Å²) in [6.07, 6.45) is 9.27. The minimum Gasteiger partial charge on any atom is -0.462 e. The monoisotopic (exact) mass is 306 g/mol. The van der Waals surface area contributed by atoms with E-state index in [2.05, 4.69) is 9.97 Å². The van der Waals surface area contributed by atoms with E-state index in [0.717, 1.165) is 35.4 Å². The quantitative estimate of drug-likeness (QED) is 0.750. The molecule has 0 bridgehead atoms. The minimum atomic E-state index is -0.283. The summed E-state index contributed by atoms with van der Waals surface area (Å²) in [6, 6.07) is 0. The molecule has 0 saturated heterocycles. The van der Waals surface area contributed by atoms with Crippen LogP contribution in [0, 0.1) is 0 Å². The number of ether oxygens (including phenoxy) is 1. The Hall–Kier alpha value is -1.10. The van der Waals surface area contributed by atoms with Gasteiger partial charge in [0.05, 0.1) is 23.6 Å². The maximum Gasteiger partial charge on any atom is 0.341 e. The van der Waals surface area contributed by atoms with Crippen molar-refractivity contribution < 1.29 is 9.53 Å². The highest BCUT2D eigenvalue weighted by atomic mass is 32.2. The number of hydrogen-bond donors (Lipinski definition) is 0. The van der Waals surface area contributed by atoms with Crippen LogP contribution in [0.25, 0.3) is 0 Å². The Morgan fingerprint density at radius 1 is 1.33 bits per heavy atom. The fourth-order valence-corrected chi connectivity index (χ4v) is 3.97. The molecule has 2 aliphatic carbocycles. The molecule has 0 N–H and O–H groups in total. The number of carbonyl (C=O) groups is 1. The van der Waals surface area contributed by atoms with Crippen molar-refractivity contribution in [2.75, 3.05) is 6.61 Å². The van der Waals surface area contributed by atoms with E-state index in [9.17, 15) is 4.79 Å². The number of rotatable bonds is 6. The van der Waals surface area contributed by atoms with Crippen LogP contribution < -0.4 is 0 Å². The van der Waals surface area contributed by atoms with E-state index in [4.69, 9.17) is 4.74 Å². The Morgan fingerprint density at radius 3 is 2.76 bits per heavy atom. The van der Waals surface area contributed by atoms with E-state index in [1.54, 1.807) is 6.20 Å². The normalized spacial score (nSPS) is 18.9. The van der Waals surface area contributed by atoms with Crippen molar-refractivity contribution in [1.29, 1.82) is 0 Å². The van der Waals surface area contributed by atoms with Crippen LogP contribution in [0.3, 0.4) is 0 Å². The summed E-state index contributed by atoms with van der Waals surface area (Å²) in [6.45, 7) is 2.21. The smallest absolute Gasteiger partial charge is 0.341 e. The average Bonchev–Trinajstić information content (AvgIpc) is 3.21. The molecule has 0 amide bonds. The molecule has 1 aromatic rings. The van der Waals surface area contributed by atoms with Gasteiger partial charge in [0.1, 0.15) is 5.82 Å². The number of hydrogen-bond acceptors (Lipinski definition) is 5. The maximum atomic E-state index is 12.0. The molecule has 0 radical (unpaired) electrons. The molecular weight excluding hydrogens is 284 g/mol. The lowest BCUT2D eigenvalue weighted by Gasteiger charge is -2.11. The van der Waals surface area contributed by atoms with Crippen molar-refractivity contribution in [3.8, 4) is 0 Å². The zero-order chi connectivity index (χ0) is 14.7. The van der Waals surface area contributed by atoms with Gasteiger partial charge in [-0.3, -0.25) is 0 Å². The Kier molecular flexibility index (Phi) is 4.78. The second kappa shape index (κ2) is 6.77. The second-order valence-corrected chi connectivity index (χ2v) is 7.09. The molecule has 2 fully saturated rings. The van der Waals surface area contributed by atoms with Crippen molar-refractivity contribution in [3.63, 3.8) is 0 Å². The summed E-state index contributed by atoms with van der Waals surface area (Å²) in [4.78, 5) is 21.0. The molecule has 0 aliphatic heterocycles. The zero-order valence-electron chi connectivity index (χ0n) is 12.5. The van der Waals surface area contributed by atoms with Gasteiger partial charge in [-0.15, -0.1) is 0 Å². The third kappa shape index (κ3) is 3.76. The van der Waals surface area contributed by atoms with Gasteiger partial charge < -0.3 is 4.74 Å². The number of thioether (sulfide) groups is 1. The van der Waals surface area contributed by atoms with E-state index in [1.807, 2.05) is 18.7 Å². The Bertz CT molecular complexity index is 511. The highest BCUT2D eigenvalue weighted by molar-refractivity contribution is 7.99. The Balaban J connectivity index is 1.70. The van der Waals surface area contributed by atoms with Crippen LogP contribution in [0.2, 0.25) is 0 Å². The first kappa shape index (κ1) is 14.8. The lowest BCUT2D eigenvalue weighted by molar-refractivity contribution is 0.0524. The molecule has 21 heavy (non-hydrogen) atoms. The highest BCUT2D eigenvalue weighted by Crippen LogP contribution is 2.41. The molecule has 0 atom stereocenters. The van der Waals surface area contributed by atoms with Crippen LogP contribution in [0.15, 0.2) is 6.20 Å². The number of carbonyl (C=O) groups excluding carboxylic acids is 1. The second-order valence-electron chi connectivity index (χ2n) is 5.80. The van der Waals surface area contributed by atoms with Gasteiger partial charge in [-0.1, -0.05) is 12.8 Å². The minimum absolute atomic E-state index is 0.283. The van der Waals surface area contributed by atoms with Crippen molar-refractivity contribution in [1.82, 2.24) is 9.97 Å². The molecule has 5 heteroatoms. The summed E-state index contributed by atoms with van der Waals surface area (Å²) in [5.41, 5.74) is 1.47. The first-order chi connectivity index (χ1) is 10.3. The standard InChI is InChI=1S/C16H22N2O2S/c1-2-20-16(19)13-9-17-14(18-15(13)11-7-8-11)10-21-12-5-3-4-6-12/h9,11-12H,2-8,10H2,1H3. The number of esters is 1. The lowest BCUT2D eigenvalue weighted by atomic mass is 10.1. The summed E-state index contributed by atoms with van der Waals surface area (Å²) in [5, 5.41) is 0.766. The van der Waals surface area contributed by atoms with E-state index in [0.29, 0.717) is 18.1 Å². The van der Waals surface area contributed by atoms with Crippen molar-refractivity contribution in [2.45, 2.75) is 62.4 Å². The molecule has 0 unspecified atom stereocenters. The summed E-state index contributed by atoms with van der Waals surface area (Å²) >= 11 is 1.96. The third-order valence-electron chi connectivity index (χ3n) is 4.08. The lowest BCUT2D eigenvalue weighted by Crippen LogP contribution is -2.12. The van der Waals surface area contributed by atoms with Gasteiger partial charge in [-0.2, -0.15) is 11.8 Å². The largest absolute Gasteiger partial charge is 0.462 e. The van der Waals surface area contributed by atoms with Gasteiger partial charge in [0.2, 0.25) is 0 Å². The van der Waals surface area contributed by atoms with E-state index < -0.39 is 0 Å². The fraction of sp³-hybridized carbons (Fsp3) is 0.688. The average molecular weight is 306 g/mol. The van der Waals surface area contributed by atoms with E-state index in [1.165, 1.54) is 25.7 Å². The molecule has 3 rings (SSSR count). The van der Waals surface area contributed by atoms with Crippen molar-refractivity contribution in [3.05, 3.63) is 23.3 Å². The van der Waals surface area contributed by atoms with Crippen LogP contribution in [-0.2, 0) is 10.5 Å². The molecule has 0 aromatic carbocycles. The van der Waals surface area contributed by atoms with Crippen LogP contribution in [0.1, 0.15) is 73.2 Å². The van der Waals surface area contributed by atoms with Crippen molar-refractivity contribution >= 4 is 17.7 Å². The first-order valence-electron chi connectivity index (χ1n) is 7.92. The Morgan fingerprint density at radius 2 is 2.10 bits per heavy atom. The van der Waals surface area contributed by atoms with Gasteiger partial charge in [0.15, 0.2) is 0 Å². The number of nitrogens with zero attached hydrogens (tertiary/aromatic N) is 2. The third-order valence-corrected chi connectivity index (χ3v) is 5.45. The van der Waals surface area contributed by atoms with Crippen LogP contribution in [-0.4, -0.2) is 27.8 Å². The first-order valence-corrected chi connectivity index (χ1v) is 8.97. The Labute approximate surface area is 130 Å². The van der Waals surface area contributed by atoms with Crippen LogP contribution >= 0.6 is 11.8 Å². The topological polar surface area (TPSA) is 52.1 Å². The van der Waals surface area contributed by atoms with Gasteiger partial charge in [-0.25, -0.2) is 14.8 Å². The van der Waals surface area contributed by atoms with Gasteiger partial charge in [0, 0.05) is 17.4 Å². The van der Waals surface area contributed by atoms with Gasteiger partial charge in [-0.05, 0) is 32.6 Å². The SMILES string of the molecule is CCOC(=O)c1cnc(CSC2CCCC2)nc1C1CC1. The molecule has 114 valence electrons. The van der Waals surface area contributed by atoms with Crippen LogP contribution in [0.5, 0.6) is 0 Å². The maximum absolute atomic E-state index is 12.0.